The number of fused-ring (bicyclic) bond motifs is 3. The third-order valence-electron chi connectivity index (χ3n) is 4.66. The second kappa shape index (κ2) is 7.93. The number of anilines is 1. The fourth-order valence-corrected chi connectivity index (χ4v) is 3.95. The number of hydrogen-bond donors (Lipinski definition) is 1. The van der Waals surface area contributed by atoms with Gasteiger partial charge in [-0.2, -0.15) is 10.4 Å². The Morgan fingerprint density at radius 3 is 2.77 bits per heavy atom. The van der Waals surface area contributed by atoms with Crippen LogP contribution in [0.1, 0.15) is 5.56 Å². The van der Waals surface area contributed by atoms with Gasteiger partial charge in [0, 0.05) is 23.6 Å². The lowest BCUT2D eigenvalue weighted by atomic mass is 10.1. The fraction of sp³-hybridized carbons (Fsp3) is 0.0455. The molecule has 0 atom stereocenters. The summed E-state index contributed by atoms with van der Waals surface area (Å²) in [5.41, 5.74) is 4.46. The van der Waals surface area contributed by atoms with Crippen LogP contribution in [-0.4, -0.2) is 35.9 Å². The van der Waals surface area contributed by atoms with Crippen molar-refractivity contribution in [1.29, 1.82) is 5.26 Å². The summed E-state index contributed by atoms with van der Waals surface area (Å²) in [6.45, 7) is 0. The molecule has 150 valence electrons. The number of carbonyl (C=O) groups is 1. The van der Waals surface area contributed by atoms with Crippen molar-refractivity contribution in [2.45, 2.75) is 5.16 Å². The molecule has 0 unspecified atom stereocenters. The molecule has 0 saturated heterocycles. The van der Waals surface area contributed by atoms with Crippen LogP contribution in [0.5, 0.6) is 0 Å². The predicted octanol–water partition coefficient (Wildman–Crippen LogP) is 3.65. The van der Waals surface area contributed by atoms with Gasteiger partial charge in [0.15, 0.2) is 10.8 Å². The number of nitriles is 1. The van der Waals surface area contributed by atoms with Crippen molar-refractivity contribution < 1.29 is 4.79 Å². The van der Waals surface area contributed by atoms with Crippen LogP contribution in [0, 0.1) is 11.3 Å². The van der Waals surface area contributed by atoms with Crippen molar-refractivity contribution in [3.63, 3.8) is 0 Å². The van der Waals surface area contributed by atoms with E-state index in [-0.39, 0.29) is 11.7 Å². The Hall–Kier alpha value is -4.16. The highest BCUT2D eigenvalue weighted by atomic mass is 32.2. The van der Waals surface area contributed by atoms with Crippen LogP contribution in [0.15, 0.2) is 78.2 Å². The molecule has 3 heterocycles. The van der Waals surface area contributed by atoms with E-state index in [4.69, 9.17) is 5.26 Å². The van der Waals surface area contributed by atoms with Crippen molar-refractivity contribution in [1.82, 2.24) is 24.2 Å². The molecule has 0 saturated carbocycles. The molecule has 0 spiro atoms. The maximum atomic E-state index is 12.3. The summed E-state index contributed by atoms with van der Waals surface area (Å²) in [4.78, 5) is 12.3. The van der Waals surface area contributed by atoms with Gasteiger partial charge >= 0.3 is 0 Å². The van der Waals surface area contributed by atoms with Gasteiger partial charge in [0.1, 0.15) is 5.52 Å². The van der Waals surface area contributed by atoms with Crippen molar-refractivity contribution in [2.24, 2.45) is 0 Å². The van der Waals surface area contributed by atoms with E-state index in [2.05, 4.69) is 26.7 Å². The number of aromatic nitrogens is 5. The van der Waals surface area contributed by atoms with E-state index in [0.29, 0.717) is 22.1 Å². The highest BCUT2D eigenvalue weighted by Crippen LogP contribution is 2.24. The van der Waals surface area contributed by atoms with Gasteiger partial charge in [-0.3, -0.25) is 9.20 Å². The Morgan fingerprint density at radius 2 is 1.94 bits per heavy atom. The van der Waals surface area contributed by atoms with Crippen LogP contribution < -0.4 is 5.32 Å². The number of thioether (sulfide) groups is 1. The largest absolute Gasteiger partial charge is 0.325 e. The van der Waals surface area contributed by atoms with Gasteiger partial charge in [-0.15, -0.1) is 10.2 Å². The second-order valence-electron chi connectivity index (χ2n) is 6.73. The van der Waals surface area contributed by atoms with Crippen LogP contribution in [-0.2, 0) is 4.79 Å². The summed E-state index contributed by atoms with van der Waals surface area (Å²) >= 11 is 1.29. The number of nitrogens with one attached hydrogen (secondary N) is 1. The highest BCUT2D eigenvalue weighted by molar-refractivity contribution is 7.99. The van der Waals surface area contributed by atoms with Crippen LogP contribution in [0.4, 0.5) is 5.69 Å². The lowest BCUT2D eigenvalue weighted by Crippen LogP contribution is -2.14. The molecular formula is C22H15N7OS. The molecule has 0 aliphatic carbocycles. The molecule has 3 aromatic heterocycles. The maximum Gasteiger partial charge on any atom is 0.234 e. The molecule has 5 aromatic rings. The monoisotopic (exact) mass is 425 g/mol. The topological polar surface area (TPSA) is 100 Å². The molecule has 0 aliphatic heterocycles. The molecule has 2 aromatic carbocycles. The zero-order valence-corrected chi connectivity index (χ0v) is 17.0. The standard InChI is InChI=1S/C22H15N7OS/c23-13-15-5-4-8-17(11-15)24-20(30)14-31-22-26-25-21-19-12-18(16-6-2-1-3-7-16)27-29(19)10-9-28(21)22/h1-12H,14H2,(H,24,30). The lowest BCUT2D eigenvalue weighted by Gasteiger charge is -2.05. The molecule has 0 radical (unpaired) electrons. The minimum absolute atomic E-state index is 0.164. The predicted molar refractivity (Wildman–Crippen MR) is 118 cm³/mol. The van der Waals surface area contributed by atoms with Crippen molar-refractivity contribution in [3.05, 3.63) is 78.6 Å². The number of rotatable bonds is 5. The molecule has 1 N–H and O–H groups in total. The van der Waals surface area contributed by atoms with Gasteiger partial charge in [0.2, 0.25) is 5.91 Å². The van der Waals surface area contributed by atoms with Gasteiger partial charge in [-0.25, -0.2) is 4.52 Å². The third-order valence-corrected chi connectivity index (χ3v) is 5.61. The summed E-state index contributed by atoms with van der Waals surface area (Å²) in [6, 6.07) is 20.8. The molecule has 0 fully saturated rings. The van der Waals surface area contributed by atoms with E-state index in [1.807, 2.05) is 53.2 Å². The van der Waals surface area contributed by atoms with Crippen molar-refractivity contribution >= 4 is 34.5 Å². The average Bonchev–Trinajstić information content (AvgIpc) is 3.42. The zero-order chi connectivity index (χ0) is 21.2. The number of benzene rings is 2. The summed E-state index contributed by atoms with van der Waals surface area (Å²) in [5, 5.41) is 25.6. The van der Waals surface area contributed by atoms with E-state index in [0.717, 1.165) is 16.8 Å². The third kappa shape index (κ3) is 3.72. The van der Waals surface area contributed by atoms with Crippen molar-refractivity contribution in [2.75, 3.05) is 11.1 Å². The van der Waals surface area contributed by atoms with E-state index in [1.54, 1.807) is 28.8 Å². The van der Waals surface area contributed by atoms with Crippen LogP contribution in [0.25, 0.3) is 22.4 Å². The summed E-state index contributed by atoms with van der Waals surface area (Å²) in [7, 11) is 0. The minimum Gasteiger partial charge on any atom is -0.325 e. The first kappa shape index (κ1) is 18.8. The smallest absolute Gasteiger partial charge is 0.234 e. The van der Waals surface area contributed by atoms with Gasteiger partial charge in [0.25, 0.3) is 0 Å². The van der Waals surface area contributed by atoms with Gasteiger partial charge in [0.05, 0.1) is 23.1 Å². The Bertz CT molecular complexity index is 1450. The average molecular weight is 425 g/mol. The van der Waals surface area contributed by atoms with E-state index in [1.165, 1.54) is 11.8 Å². The van der Waals surface area contributed by atoms with Gasteiger partial charge in [-0.05, 0) is 24.3 Å². The number of amides is 1. The first-order valence-corrected chi connectivity index (χ1v) is 10.4. The zero-order valence-electron chi connectivity index (χ0n) is 16.1. The molecule has 0 bridgehead atoms. The van der Waals surface area contributed by atoms with Crippen LogP contribution in [0.3, 0.4) is 0 Å². The summed E-state index contributed by atoms with van der Waals surface area (Å²) in [5.74, 6) is -0.0225. The van der Waals surface area contributed by atoms with E-state index >= 15 is 0 Å². The van der Waals surface area contributed by atoms with Gasteiger partial charge in [-0.1, -0.05) is 48.2 Å². The Labute approximate surface area is 181 Å². The first-order chi connectivity index (χ1) is 15.2. The normalized spacial score (nSPS) is 10.9. The molecule has 5 rings (SSSR count). The van der Waals surface area contributed by atoms with E-state index < -0.39 is 0 Å². The molecule has 31 heavy (non-hydrogen) atoms. The minimum atomic E-state index is -0.186. The second-order valence-corrected chi connectivity index (χ2v) is 7.67. The quantitative estimate of drug-likeness (QED) is 0.432. The highest BCUT2D eigenvalue weighted by Gasteiger charge is 2.14. The number of nitrogens with zero attached hydrogens (tertiary/aromatic N) is 6. The summed E-state index contributed by atoms with van der Waals surface area (Å²) in [6.07, 6.45) is 3.68. The lowest BCUT2D eigenvalue weighted by molar-refractivity contribution is -0.113. The first-order valence-electron chi connectivity index (χ1n) is 9.42. The molecule has 8 nitrogen and oxygen atoms in total. The Kier molecular flexibility index (Phi) is 4.82. The SMILES string of the molecule is N#Cc1cccc(NC(=O)CSc2nnc3c4cc(-c5ccccc5)nn4ccn23)c1. The Morgan fingerprint density at radius 1 is 1.06 bits per heavy atom. The Balaban J connectivity index is 1.36. The van der Waals surface area contributed by atoms with Crippen molar-refractivity contribution in [3.8, 4) is 17.3 Å². The fourth-order valence-electron chi connectivity index (χ4n) is 3.23. The van der Waals surface area contributed by atoms with Crippen LogP contribution >= 0.6 is 11.8 Å². The maximum absolute atomic E-state index is 12.3. The summed E-state index contributed by atoms with van der Waals surface area (Å²) < 4.78 is 3.62. The van der Waals surface area contributed by atoms with Gasteiger partial charge < -0.3 is 5.32 Å². The molecule has 9 heteroatoms. The van der Waals surface area contributed by atoms with Crippen LogP contribution in [0.2, 0.25) is 0 Å². The van der Waals surface area contributed by atoms with E-state index in [9.17, 15) is 4.79 Å². The molecular weight excluding hydrogens is 410 g/mol. The molecule has 1 amide bonds. The number of carbonyl (C=O) groups excluding carboxylic acids is 1. The molecule has 0 aliphatic rings. The number of hydrogen-bond acceptors (Lipinski definition) is 6.